The summed E-state index contributed by atoms with van der Waals surface area (Å²) >= 11 is 1.84. The number of rotatable bonds is 7. The smallest absolute Gasteiger partial charge is 0.135 e. The van der Waals surface area contributed by atoms with Gasteiger partial charge >= 0.3 is 0 Å². The first-order valence-electron chi connectivity index (χ1n) is 17.9. The maximum absolute atomic E-state index is 6.06. The van der Waals surface area contributed by atoms with Crippen LogP contribution in [0.4, 0.5) is 17.1 Å². The topological polar surface area (TPSA) is 16.4 Å². The van der Waals surface area contributed by atoms with Crippen LogP contribution in [0.3, 0.4) is 0 Å². The number of anilines is 3. The van der Waals surface area contributed by atoms with Crippen molar-refractivity contribution in [2.75, 3.05) is 4.90 Å². The summed E-state index contributed by atoms with van der Waals surface area (Å²) in [7, 11) is 0. The number of fused-ring (bicyclic) bond motifs is 4. The zero-order chi connectivity index (χ0) is 35.1. The third kappa shape index (κ3) is 5.87. The second kappa shape index (κ2) is 13.1. The lowest BCUT2D eigenvalue weighted by molar-refractivity contribution is 0.669. The van der Waals surface area contributed by atoms with Gasteiger partial charge in [0.05, 0.1) is 0 Å². The molecular formula is C50H33NOS. The minimum Gasteiger partial charge on any atom is -0.456 e. The highest BCUT2D eigenvalue weighted by Crippen LogP contribution is 2.40. The maximum Gasteiger partial charge on any atom is 0.135 e. The quantitative estimate of drug-likeness (QED) is 0.165. The second-order valence-electron chi connectivity index (χ2n) is 13.4. The fourth-order valence-corrected chi connectivity index (χ4v) is 8.41. The molecule has 0 aliphatic rings. The molecule has 0 unspecified atom stereocenters. The molecule has 250 valence electrons. The Kier molecular flexibility index (Phi) is 7.71. The number of benzene rings is 8. The van der Waals surface area contributed by atoms with E-state index in [1.54, 1.807) is 0 Å². The fraction of sp³-hybridized carbons (Fsp3) is 0. The lowest BCUT2D eigenvalue weighted by Gasteiger charge is -2.26. The van der Waals surface area contributed by atoms with Crippen molar-refractivity contribution >= 4 is 60.4 Å². The van der Waals surface area contributed by atoms with Gasteiger partial charge in [0, 0.05) is 37.4 Å². The average molecular weight is 696 g/mol. The van der Waals surface area contributed by atoms with Gasteiger partial charge in [-0.25, -0.2) is 0 Å². The molecule has 10 aromatic rings. The zero-order valence-electron chi connectivity index (χ0n) is 28.8. The number of hydrogen-bond donors (Lipinski definition) is 0. The second-order valence-corrected chi connectivity index (χ2v) is 14.5. The number of para-hydroxylation sites is 1. The molecule has 0 radical (unpaired) electrons. The highest BCUT2D eigenvalue weighted by molar-refractivity contribution is 7.22. The van der Waals surface area contributed by atoms with E-state index in [-0.39, 0.29) is 0 Å². The predicted molar refractivity (Wildman–Crippen MR) is 226 cm³/mol. The van der Waals surface area contributed by atoms with Crippen LogP contribution in [0.15, 0.2) is 205 Å². The largest absolute Gasteiger partial charge is 0.456 e. The number of furan rings is 1. The van der Waals surface area contributed by atoms with Crippen molar-refractivity contribution in [2.45, 2.75) is 0 Å². The first kappa shape index (κ1) is 31.1. The molecular weight excluding hydrogens is 663 g/mol. The van der Waals surface area contributed by atoms with Crippen LogP contribution in [0.2, 0.25) is 0 Å². The molecule has 0 fully saturated rings. The maximum atomic E-state index is 6.06. The van der Waals surface area contributed by atoms with E-state index < -0.39 is 0 Å². The molecule has 0 saturated carbocycles. The van der Waals surface area contributed by atoms with Crippen molar-refractivity contribution in [2.24, 2.45) is 0 Å². The minimum absolute atomic E-state index is 0.917. The van der Waals surface area contributed by atoms with Crippen molar-refractivity contribution < 1.29 is 4.42 Å². The molecule has 0 aliphatic carbocycles. The van der Waals surface area contributed by atoms with E-state index >= 15 is 0 Å². The third-order valence-electron chi connectivity index (χ3n) is 10.1. The van der Waals surface area contributed by atoms with E-state index in [0.29, 0.717) is 0 Å². The SMILES string of the molecule is c1ccc(-c2ccc(N(c3ccc(-c4ccc(-c5ccc6oc7ccccc7c6c5)cc4)cc3)c3ccc(-c4cc5ccccc5s4)cc3)cc2)cc1. The third-order valence-corrected chi connectivity index (χ3v) is 11.3. The van der Waals surface area contributed by atoms with Crippen LogP contribution in [-0.2, 0) is 0 Å². The summed E-state index contributed by atoms with van der Waals surface area (Å²) in [5.41, 5.74) is 13.5. The summed E-state index contributed by atoms with van der Waals surface area (Å²) in [4.78, 5) is 3.62. The van der Waals surface area contributed by atoms with Gasteiger partial charge in [0.2, 0.25) is 0 Å². The van der Waals surface area contributed by atoms with E-state index in [4.69, 9.17) is 4.42 Å². The first-order chi connectivity index (χ1) is 26.2. The summed E-state index contributed by atoms with van der Waals surface area (Å²) in [6, 6.07) is 71.7. The van der Waals surface area contributed by atoms with Gasteiger partial charge in [0.15, 0.2) is 0 Å². The van der Waals surface area contributed by atoms with Crippen LogP contribution >= 0.6 is 11.3 Å². The standard InChI is InChI=1S/C50H33NOS/c1-2-8-34(9-3-1)36-18-25-42(26-19-36)51(44-29-22-39(23-30-44)50-33-41-10-4-7-13-49(41)53-50)43-27-20-37(21-28-43)35-14-16-38(17-15-35)40-24-31-48-46(32-40)45-11-5-6-12-47(45)52-48/h1-33H. The molecule has 0 aliphatic heterocycles. The Hall–Kier alpha value is -6.68. The van der Waals surface area contributed by atoms with E-state index in [0.717, 1.165) is 39.0 Å². The van der Waals surface area contributed by atoms with Crippen molar-refractivity contribution in [1.29, 1.82) is 0 Å². The Morgan fingerprint density at radius 2 is 0.811 bits per heavy atom. The van der Waals surface area contributed by atoms with Gasteiger partial charge in [-0.3, -0.25) is 0 Å². The Morgan fingerprint density at radius 3 is 1.45 bits per heavy atom. The Morgan fingerprint density at radius 1 is 0.340 bits per heavy atom. The Balaban J connectivity index is 0.964. The van der Waals surface area contributed by atoms with Crippen LogP contribution < -0.4 is 4.90 Å². The van der Waals surface area contributed by atoms with Gasteiger partial charge in [-0.05, 0) is 111 Å². The Labute approximate surface area is 312 Å². The van der Waals surface area contributed by atoms with E-state index in [2.05, 4.69) is 193 Å². The van der Waals surface area contributed by atoms with E-state index in [1.807, 2.05) is 23.5 Å². The summed E-state index contributed by atoms with van der Waals surface area (Å²) in [6.45, 7) is 0. The van der Waals surface area contributed by atoms with Gasteiger partial charge in [-0.15, -0.1) is 11.3 Å². The van der Waals surface area contributed by atoms with Crippen LogP contribution in [-0.4, -0.2) is 0 Å². The summed E-state index contributed by atoms with van der Waals surface area (Å²) in [6.07, 6.45) is 0. The summed E-state index contributed by atoms with van der Waals surface area (Å²) in [5.74, 6) is 0. The van der Waals surface area contributed by atoms with E-state index in [1.165, 1.54) is 53.9 Å². The van der Waals surface area contributed by atoms with Crippen molar-refractivity contribution in [3.8, 4) is 43.8 Å². The normalized spacial score (nSPS) is 11.4. The predicted octanol–water partition coefficient (Wildman–Crippen LogP) is 14.9. The molecule has 2 heterocycles. The van der Waals surface area contributed by atoms with Crippen molar-refractivity contribution in [3.63, 3.8) is 0 Å². The molecule has 2 aromatic heterocycles. The molecule has 0 bridgehead atoms. The number of nitrogens with zero attached hydrogens (tertiary/aromatic N) is 1. The van der Waals surface area contributed by atoms with Crippen molar-refractivity contribution in [1.82, 2.24) is 0 Å². The van der Waals surface area contributed by atoms with Crippen LogP contribution in [0.1, 0.15) is 0 Å². The molecule has 0 spiro atoms. The fourth-order valence-electron chi connectivity index (χ4n) is 7.34. The molecule has 0 N–H and O–H groups in total. The first-order valence-corrected chi connectivity index (χ1v) is 18.7. The highest BCUT2D eigenvalue weighted by Gasteiger charge is 2.15. The molecule has 2 nitrogen and oxygen atoms in total. The molecule has 53 heavy (non-hydrogen) atoms. The lowest BCUT2D eigenvalue weighted by atomic mass is 9.99. The van der Waals surface area contributed by atoms with Gasteiger partial charge < -0.3 is 9.32 Å². The summed E-state index contributed by atoms with van der Waals surface area (Å²) in [5, 5.41) is 3.58. The van der Waals surface area contributed by atoms with Gasteiger partial charge in [0.1, 0.15) is 11.2 Å². The van der Waals surface area contributed by atoms with Crippen LogP contribution in [0.5, 0.6) is 0 Å². The average Bonchev–Trinajstić information content (AvgIpc) is 3.84. The van der Waals surface area contributed by atoms with Gasteiger partial charge in [0.25, 0.3) is 0 Å². The number of thiophene rings is 1. The molecule has 3 heteroatoms. The highest BCUT2D eigenvalue weighted by atomic mass is 32.1. The number of hydrogen-bond acceptors (Lipinski definition) is 3. The molecule has 8 aromatic carbocycles. The van der Waals surface area contributed by atoms with Crippen molar-refractivity contribution in [3.05, 3.63) is 200 Å². The minimum atomic E-state index is 0.917. The van der Waals surface area contributed by atoms with E-state index in [9.17, 15) is 0 Å². The Bertz CT molecular complexity index is 2820. The lowest BCUT2D eigenvalue weighted by Crippen LogP contribution is -2.09. The monoisotopic (exact) mass is 695 g/mol. The van der Waals surface area contributed by atoms with Gasteiger partial charge in [-0.1, -0.05) is 133 Å². The van der Waals surface area contributed by atoms with Crippen LogP contribution in [0.25, 0.3) is 75.8 Å². The summed E-state index contributed by atoms with van der Waals surface area (Å²) < 4.78 is 7.37. The van der Waals surface area contributed by atoms with Crippen LogP contribution in [0, 0.1) is 0 Å². The molecule has 10 rings (SSSR count). The zero-order valence-corrected chi connectivity index (χ0v) is 29.6. The van der Waals surface area contributed by atoms with Gasteiger partial charge in [-0.2, -0.15) is 0 Å². The molecule has 0 atom stereocenters. The molecule has 0 saturated heterocycles. The molecule has 0 amide bonds.